The highest BCUT2D eigenvalue weighted by Crippen LogP contribution is 2.31. The van der Waals surface area contributed by atoms with Crippen molar-refractivity contribution in [3.63, 3.8) is 0 Å². The minimum Gasteiger partial charge on any atom is -0.391 e. The summed E-state index contributed by atoms with van der Waals surface area (Å²) < 4.78 is 5.43. The summed E-state index contributed by atoms with van der Waals surface area (Å²) in [6.45, 7) is 7.85. The topological polar surface area (TPSA) is 114 Å². The van der Waals surface area contributed by atoms with E-state index in [0.29, 0.717) is 11.5 Å². The van der Waals surface area contributed by atoms with Gasteiger partial charge in [-0.25, -0.2) is 5.48 Å². The molecule has 0 spiro atoms. The lowest BCUT2D eigenvalue weighted by Gasteiger charge is -2.34. The number of aliphatic hydroxyl groups excluding tert-OH is 1. The van der Waals surface area contributed by atoms with Crippen LogP contribution in [0.2, 0.25) is 0 Å². The molecule has 2 saturated heterocycles. The summed E-state index contributed by atoms with van der Waals surface area (Å²) in [5, 5.41) is 21.0. The molecule has 4 rings (SSSR count). The fourth-order valence-corrected chi connectivity index (χ4v) is 4.91. The number of rotatable bonds is 8. The summed E-state index contributed by atoms with van der Waals surface area (Å²) in [4.78, 5) is 28.9. The maximum Gasteiger partial charge on any atom is 0.268 e. The number of nitrogens with one attached hydrogen (secondary N) is 2. The Balaban J connectivity index is 1.28. The molecule has 194 valence electrons. The molecule has 2 atom stereocenters. The Hall–Kier alpha value is -2.98. The first-order chi connectivity index (χ1) is 17.4. The van der Waals surface area contributed by atoms with Crippen LogP contribution in [0.3, 0.4) is 0 Å². The van der Waals surface area contributed by atoms with Crippen LogP contribution in [0.5, 0.6) is 0 Å². The summed E-state index contributed by atoms with van der Waals surface area (Å²) in [7, 11) is 0. The van der Waals surface area contributed by atoms with E-state index in [2.05, 4.69) is 39.4 Å². The summed E-state index contributed by atoms with van der Waals surface area (Å²) >= 11 is 0. The third-order valence-corrected chi connectivity index (χ3v) is 7.11. The van der Waals surface area contributed by atoms with Gasteiger partial charge in [0.25, 0.3) is 11.8 Å². The minimum atomic E-state index is -1.24. The van der Waals surface area contributed by atoms with Crippen molar-refractivity contribution in [2.75, 3.05) is 44.3 Å². The van der Waals surface area contributed by atoms with E-state index in [1.54, 1.807) is 12.1 Å². The Labute approximate surface area is 212 Å². The van der Waals surface area contributed by atoms with Crippen LogP contribution < -0.4 is 15.7 Å². The maximum atomic E-state index is 12.5. The SMILES string of the molecule is CC(O)C(NC(=O)c1ccc(N2CCC(c3ccc(CN4CCOCC4)cc3)CC2)cc1)C(=O)NO. The lowest BCUT2D eigenvalue weighted by molar-refractivity contribution is -0.133. The molecule has 2 unspecified atom stereocenters. The highest BCUT2D eigenvalue weighted by molar-refractivity contribution is 5.97. The standard InChI is InChI=1S/C27H36N4O5/c1-19(32)25(27(34)29-35)28-26(33)23-6-8-24(9-7-23)31-12-10-22(11-13-31)21-4-2-20(3-5-21)18-30-14-16-36-17-15-30/h2-9,19,22,25,32,35H,10-18H2,1H3,(H,28,33)(H,29,34). The van der Waals surface area contributed by atoms with Gasteiger partial charge < -0.3 is 20.1 Å². The second-order valence-corrected chi connectivity index (χ2v) is 9.61. The highest BCUT2D eigenvalue weighted by Gasteiger charge is 2.26. The zero-order chi connectivity index (χ0) is 25.5. The molecule has 2 aliphatic rings. The first kappa shape index (κ1) is 26.1. The van der Waals surface area contributed by atoms with Gasteiger partial charge in [0.05, 0.1) is 19.3 Å². The molecule has 2 aromatic rings. The second kappa shape index (κ2) is 12.3. The van der Waals surface area contributed by atoms with E-state index in [0.717, 1.165) is 64.5 Å². The number of benzene rings is 2. The van der Waals surface area contributed by atoms with E-state index in [1.807, 2.05) is 12.1 Å². The number of ether oxygens (including phenoxy) is 1. The number of hydroxylamine groups is 1. The fraction of sp³-hybridized carbons (Fsp3) is 0.481. The van der Waals surface area contributed by atoms with Crippen molar-refractivity contribution in [1.82, 2.24) is 15.7 Å². The second-order valence-electron chi connectivity index (χ2n) is 9.61. The van der Waals surface area contributed by atoms with E-state index in [-0.39, 0.29) is 0 Å². The molecule has 0 radical (unpaired) electrons. The number of aliphatic hydroxyl groups is 1. The number of piperidine rings is 1. The van der Waals surface area contributed by atoms with Crippen LogP contribution in [0.1, 0.15) is 47.2 Å². The van der Waals surface area contributed by atoms with Gasteiger partial charge in [-0.05, 0) is 61.1 Å². The van der Waals surface area contributed by atoms with E-state index in [4.69, 9.17) is 9.94 Å². The molecule has 9 heteroatoms. The number of hydrogen-bond donors (Lipinski definition) is 4. The number of carbonyl (C=O) groups is 2. The Morgan fingerprint density at radius 3 is 2.22 bits per heavy atom. The average Bonchev–Trinajstić information content (AvgIpc) is 2.92. The molecule has 36 heavy (non-hydrogen) atoms. The van der Waals surface area contributed by atoms with E-state index in [9.17, 15) is 14.7 Å². The van der Waals surface area contributed by atoms with E-state index < -0.39 is 24.0 Å². The van der Waals surface area contributed by atoms with Crippen LogP contribution in [0, 0.1) is 0 Å². The van der Waals surface area contributed by atoms with E-state index >= 15 is 0 Å². The monoisotopic (exact) mass is 496 g/mol. The smallest absolute Gasteiger partial charge is 0.268 e. The van der Waals surface area contributed by atoms with Gasteiger partial charge in [-0.15, -0.1) is 0 Å². The zero-order valence-electron chi connectivity index (χ0n) is 20.7. The van der Waals surface area contributed by atoms with Gasteiger partial charge in [-0.2, -0.15) is 0 Å². The van der Waals surface area contributed by atoms with Gasteiger partial charge in [-0.3, -0.25) is 19.7 Å². The van der Waals surface area contributed by atoms with Gasteiger partial charge in [-0.1, -0.05) is 24.3 Å². The lowest BCUT2D eigenvalue weighted by Crippen LogP contribution is -2.51. The Bertz CT molecular complexity index is 998. The average molecular weight is 497 g/mol. The number of amides is 2. The molecule has 2 aromatic carbocycles. The molecule has 2 aliphatic heterocycles. The molecule has 0 bridgehead atoms. The van der Waals surface area contributed by atoms with Gasteiger partial charge in [0.15, 0.2) is 0 Å². The first-order valence-corrected chi connectivity index (χ1v) is 12.6. The van der Waals surface area contributed by atoms with E-state index in [1.165, 1.54) is 23.5 Å². The molecule has 0 aliphatic carbocycles. The number of carbonyl (C=O) groups excluding carboxylic acids is 2. The molecule has 0 aromatic heterocycles. The molecule has 2 amide bonds. The Kier molecular flexibility index (Phi) is 8.93. The fourth-order valence-electron chi connectivity index (χ4n) is 4.91. The molecular weight excluding hydrogens is 460 g/mol. The van der Waals surface area contributed by atoms with Gasteiger partial charge in [0.2, 0.25) is 0 Å². The third-order valence-electron chi connectivity index (χ3n) is 7.11. The molecule has 4 N–H and O–H groups in total. The van der Waals surface area contributed by atoms with Gasteiger partial charge in [0.1, 0.15) is 6.04 Å². The molecular formula is C27H36N4O5. The van der Waals surface area contributed by atoms with Crippen molar-refractivity contribution in [2.45, 2.75) is 44.4 Å². The van der Waals surface area contributed by atoms with Gasteiger partial charge in [0, 0.05) is 44.0 Å². The van der Waals surface area contributed by atoms with Gasteiger partial charge >= 0.3 is 0 Å². The maximum absolute atomic E-state index is 12.5. The largest absolute Gasteiger partial charge is 0.391 e. The Morgan fingerprint density at radius 1 is 1.00 bits per heavy atom. The minimum absolute atomic E-state index is 0.377. The van der Waals surface area contributed by atoms with Crippen LogP contribution in [0.4, 0.5) is 5.69 Å². The molecule has 2 heterocycles. The van der Waals surface area contributed by atoms with Crippen molar-refractivity contribution < 1.29 is 24.6 Å². The first-order valence-electron chi connectivity index (χ1n) is 12.6. The molecule has 2 fully saturated rings. The molecule has 9 nitrogen and oxygen atoms in total. The third kappa shape index (κ3) is 6.61. The van der Waals surface area contributed by atoms with Crippen molar-refractivity contribution in [2.24, 2.45) is 0 Å². The summed E-state index contributed by atoms with van der Waals surface area (Å²) in [6, 6.07) is 15.1. The quantitative estimate of drug-likeness (QED) is 0.326. The number of anilines is 1. The van der Waals surface area contributed by atoms with Crippen LogP contribution in [-0.2, 0) is 16.1 Å². The number of morpholine rings is 1. The Morgan fingerprint density at radius 2 is 1.64 bits per heavy atom. The lowest BCUT2D eigenvalue weighted by atomic mass is 9.88. The van der Waals surface area contributed by atoms with Crippen LogP contribution in [0.25, 0.3) is 0 Å². The normalized spacial score (nSPS) is 18.9. The zero-order valence-corrected chi connectivity index (χ0v) is 20.7. The highest BCUT2D eigenvalue weighted by atomic mass is 16.5. The van der Waals surface area contributed by atoms with Crippen molar-refractivity contribution >= 4 is 17.5 Å². The van der Waals surface area contributed by atoms with Crippen molar-refractivity contribution in [3.05, 3.63) is 65.2 Å². The predicted molar refractivity (Wildman–Crippen MR) is 136 cm³/mol. The number of nitrogens with zero attached hydrogens (tertiary/aromatic N) is 2. The van der Waals surface area contributed by atoms with Crippen LogP contribution in [0.15, 0.2) is 48.5 Å². The summed E-state index contributed by atoms with van der Waals surface area (Å²) in [6.07, 6.45) is 0.983. The number of hydrogen-bond acceptors (Lipinski definition) is 7. The predicted octanol–water partition coefficient (Wildman–Crippen LogP) is 1.89. The van der Waals surface area contributed by atoms with Crippen LogP contribution in [-0.4, -0.2) is 78.6 Å². The molecule has 0 saturated carbocycles. The van der Waals surface area contributed by atoms with Crippen LogP contribution >= 0.6 is 0 Å². The summed E-state index contributed by atoms with van der Waals surface area (Å²) in [5.74, 6) is -0.824. The van der Waals surface area contributed by atoms with Crippen molar-refractivity contribution in [1.29, 1.82) is 0 Å². The van der Waals surface area contributed by atoms with Crippen molar-refractivity contribution in [3.8, 4) is 0 Å². The summed E-state index contributed by atoms with van der Waals surface area (Å²) in [5.41, 5.74) is 5.63.